The molecule has 2 aromatic rings. The van der Waals surface area contributed by atoms with Gasteiger partial charge in [0.25, 0.3) is 0 Å². The molecule has 12 heavy (non-hydrogen) atoms. The summed E-state index contributed by atoms with van der Waals surface area (Å²) in [4.78, 5) is 11.4. The molecule has 6 heteroatoms. The first kappa shape index (κ1) is 7.11. The first-order chi connectivity index (χ1) is 5.68. The van der Waals surface area contributed by atoms with Crippen molar-refractivity contribution in [2.75, 3.05) is 5.73 Å². The number of hydrogen-bond donors (Lipinski definition) is 3. The van der Waals surface area contributed by atoms with Gasteiger partial charge in [0.1, 0.15) is 15.5 Å². The summed E-state index contributed by atoms with van der Waals surface area (Å²) >= 11 is 1.10. The maximum Gasteiger partial charge on any atom is 0.345 e. The number of rotatable bonds is 1. The van der Waals surface area contributed by atoms with Crippen molar-refractivity contribution in [2.45, 2.75) is 0 Å². The van der Waals surface area contributed by atoms with Crippen LogP contribution in [0.5, 0.6) is 0 Å². The van der Waals surface area contributed by atoms with Crippen molar-refractivity contribution in [1.82, 2.24) is 10.2 Å². The predicted molar refractivity (Wildman–Crippen MR) is 45.3 cm³/mol. The Labute approximate surface area is 70.8 Å². The van der Waals surface area contributed by atoms with E-state index in [0.29, 0.717) is 16.0 Å². The van der Waals surface area contributed by atoms with Gasteiger partial charge in [-0.3, -0.25) is 5.10 Å². The van der Waals surface area contributed by atoms with Crippen LogP contribution in [0.25, 0.3) is 10.2 Å². The van der Waals surface area contributed by atoms with E-state index in [0.717, 1.165) is 11.3 Å². The molecule has 0 spiro atoms. The lowest BCUT2D eigenvalue weighted by Gasteiger charge is -1.82. The molecule has 2 heterocycles. The number of aromatic nitrogens is 2. The highest BCUT2D eigenvalue weighted by Gasteiger charge is 2.11. The van der Waals surface area contributed by atoms with Crippen LogP contribution >= 0.6 is 11.3 Å². The van der Waals surface area contributed by atoms with Crippen molar-refractivity contribution >= 4 is 33.3 Å². The summed E-state index contributed by atoms with van der Waals surface area (Å²) in [6.45, 7) is 0. The van der Waals surface area contributed by atoms with Crippen molar-refractivity contribution in [1.29, 1.82) is 0 Å². The van der Waals surface area contributed by atoms with Crippen LogP contribution in [0.1, 0.15) is 9.67 Å². The standard InChI is InChI=1S/C6H5N3O2S/c7-4-2-1-3(6(10)11)12-5(2)9-8-4/h1H,(H,10,11)(H3,7,8,9). The number of thiophene rings is 1. The maximum absolute atomic E-state index is 10.5. The molecule has 2 aromatic heterocycles. The van der Waals surface area contributed by atoms with Gasteiger partial charge in [-0.05, 0) is 6.07 Å². The highest BCUT2D eigenvalue weighted by molar-refractivity contribution is 7.20. The summed E-state index contributed by atoms with van der Waals surface area (Å²) in [5.41, 5.74) is 5.49. The van der Waals surface area contributed by atoms with Gasteiger partial charge in [0.05, 0.1) is 5.39 Å². The van der Waals surface area contributed by atoms with E-state index >= 15 is 0 Å². The van der Waals surface area contributed by atoms with Crippen molar-refractivity contribution in [2.24, 2.45) is 0 Å². The first-order valence-electron chi connectivity index (χ1n) is 3.15. The second kappa shape index (κ2) is 2.21. The summed E-state index contributed by atoms with van der Waals surface area (Å²) < 4.78 is 0. The summed E-state index contributed by atoms with van der Waals surface area (Å²) in [7, 11) is 0. The van der Waals surface area contributed by atoms with Crippen LogP contribution in [0.3, 0.4) is 0 Å². The molecule has 0 bridgehead atoms. The number of anilines is 1. The van der Waals surface area contributed by atoms with Crippen LogP contribution < -0.4 is 5.73 Å². The van der Waals surface area contributed by atoms with E-state index in [1.807, 2.05) is 0 Å². The number of nitrogens with one attached hydrogen (secondary N) is 1. The van der Waals surface area contributed by atoms with E-state index in [9.17, 15) is 4.79 Å². The quantitative estimate of drug-likeness (QED) is 0.612. The van der Waals surface area contributed by atoms with Gasteiger partial charge in [-0.15, -0.1) is 11.3 Å². The van der Waals surface area contributed by atoms with Crippen molar-refractivity contribution < 1.29 is 9.90 Å². The fourth-order valence-electron chi connectivity index (χ4n) is 0.934. The predicted octanol–water partition coefficient (Wildman–Crippen LogP) is 0.905. The van der Waals surface area contributed by atoms with E-state index in [1.54, 1.807) is 0 Å². The van der Waals surface area contributed by atoms with Gasteiger partial charge >= 0.3 is 5.97 Å². The Hall–Kier alpha value is -1.56. The third-order valence-electron chi connectivity index (χ3n) is 1.49. The number of carbonyl (C=O) groups is 1. The van der Waals surface area contributed by atoms with Crippen LogP contribution in [0.15, 0.2) is 6.07 Å². The Morgan fingerprint density at radius 1 is 1.75 bits per heavy atom. The number of aromatic amines is 1. The van der Waals surface area contributed by atoms with Crippen LogP contribution in [0.2, 0.25) is 0 Å². The second-order valence-electron chi connectivity index (χ2n) is 2.27. The number of carboxylic acids is 1. The molecule has 0 aliphatic rings. The lowest BCUT2D eigenvalue weighted by Crippen LogP contribution is -1.90. The lowest BCUT2D eigenvalue weighted by molar-refractivity contribution is 0.0702. The molecule has 0 amide bonds. The topological polar surface area (TPSA) is 92.0 Å². The zero-order chi connectivity index (χ0) is 8.72. The van der Waals surface area contributed by atoms with Crippen LogP contribution in [0, 0.1) is 0 Å². The normalized spacial score (nSPS) is 10.7. The highest BCUT2D eigenvalue weighted by Crippen LogP contribution is 2.27. The number of nitrogen functional groups attached to an aromatic ring is 1. The largest absolute Gasteiger partial charge is 0.477 e. The molecule has 62 valence electrons. The smallest absolute Gasteiger partial charge is 0.345 e. The number of H-pyrrole nitrogens is 1. The Morgan fingerprint density at radius 3 is 3.08 bits per heavy atom. The SMILES string of the molecule is Nc1[nH]nc2sc(C(=O)O)cc12. The Kier molecular flexibility index (Phi) is 1.31. The van der Waals surface area contributed by atoms with E-state index < -0.39 is 5.97 Å². The van der Waals surface area contributed by atoms with Crippen LogP contribution in [0.4, 0.5) is 5.82 Å². The molecule has 0 saturated carbocycles. The fraction of sp³-hybridized carbons (Fsp3) is 0. The number of hydrogen-bond acceptors (Lipinski definition) is 4. The minimum absolute atomic E-state index is 0.258. The van der Waals surface area contributed by atoms with Gasteiger partial charge in [-0.25, -0.2) is 4.79 Å². The molecule has 0 unspecified atom stereocenters. The summed E-state index contributed by atoms with van der Waals surface area (Å²) in [5, 5.41) is 15.7. The number of aromatic carboxylic acids is 1. The molecule has 0 aromatic carbocycles. The molecular formula is C6H5N3O2S. The molecular weight excluding hydrogens is 178 g/mol. The average Bonchev–Trinajstić information content (AvgIpc) is 2.53. The number of carboxylic acid groups (broad SMARTS) is 1. The maximum atomic E-state index is 10.5. The van der Waals surface area contributed by atoms with Gasteiger partial charge in [0.2, 0.25) is 0 Å². The zero-order valence-electron chi connectivity index (χ0n) is 5.87. The summed E-state index contributed by atoms with van der Waals surface area (Å²) in [6, 6.07) is 1.52. The Morgan fingerprint density at radius 2 is 2.50 bits per heavy atom. The van der Waals surface area contributed by atoms with Gasteiger partial charge < -0.3 is 10.8 Å². The van der Waals surface area contributed by atoms with Gasteiger partial charge in [-0.1, -0.05) is 0 Å². The van der Waals surface area contributed by atoms with Gasteiger partial charge in [-0.2, -0.15) is 5.10 Å². The molecule has 4 N–H and O–H groups in total. The minimum Gasteiger partial charge on any atom is -0.477 e. The molecule has 0 aliphatic carbocycles. The Bertz CT molecular complexity index is 445. The van der Waals surface area contributed by atoms with Crippen molar-refractivity contribution in [3.05, 3.63) is 10.9 Å². The molecule has 0 atom stereocenters. The number of nitrogens with zero attached hydrogens (tertiary/aromatic N) is 1. The van der Waals surface area contributed by atoms with Crippen LogP contribution in [-0.2, 0) is 0 Å². The fourth-order valence-corrected chi connectivity index (χ4v) is 1.78. The molecule has 5 nitrogen and oxygen atoms in total. The van der Waals surface area contributed by atoms with Crippen molar-refractivity contribution in [3.8, 4) is 0 Å². The summed E-state index contributed by atoms with van der Waals surface area (Å²) in [6.07, 6.45) is 0. The molecule has 0 aliphatic heterocycles. The highest BCUT2D eigenvalue weighted by atomic mass is 32.1. The average molecular weight is 183 g/mol. The number of nitrogens with two attached hydrogens (primary N) is 1. The third-order valence-corrected chi connectivity index (χ3v) is 2.51. The van der Waals surface area contributed by atoms with E-state index in [2.05, 4.69) is 10.2 Å². The molecule has 2 rings (SSSR count). The van der Waals surface area contributed by atoms with Crippen LogP contribution in [-0.4, -0.2) is 21.3 Å². The van der Waals surface area contributed by atoms with E-state index in [4.69, 9.17) is 10.8 Å². The van der Waals surface area contributed by atoms with E-state index in [-0.39, 0.29) is 4.88 Å². The molecule has 0 radical (unpaired) electrons. The first-order valence-corrected chi connectivity index (χ1v) is 3.97. The van der Waals surface area contributed by atoms with E-state index in [1.165, 1.54) is 6.07 Å². The summed E-state index contributed by atoms with van der Waals surface area (Å²) in [5.74, 6) is -0.536. The molecule has 0 saturated heterocycles. The monoisotopic (exact) mass is 183 g/mol. The third kappa shape index (κ3) is 0.850. The zero-order valence-corrected chi connectivity index (χ0v) is 6.68. The molecule has 0 fully saturated rings. The Balaban J connectivity index is 2.70. The lowest BCUT2D eigenvalue weighted by atomic mass is 10.3. The van der Waals surface area contributed by atoms with Crippen molar-refractivity contribution in [3.63, 3.8) is 0 Å². The van der Waals surface area contributed by atoms with Gasteiger partial charge in [0.15, 0.2) is 0 Å². The minimum atomic E-state index is -0.947. The number of fused-ring (bicyclic) bond motifs is 1. The van der Waals surface area contributed by atoms with Gasteiger partial charge in [0, 0.05) is 0 Å². The second-order valence-corrected chi connectivity index (χ2v) is 3.30.